The second kappa shape index (κ2) is 6.59. The maximum atomic E-state index is 12.2. The number of nitrogens with zero attached hydrogens (tertiary/aromatic N) is 3. The second-order valence-electron chi connectivity index (χ2n) is 5.07. The topological polar surface area (TPSA) is 55.2 Å². The van der Waals surface area contributed by atoms with Gasteiger partial charge in [0.1, 0.15) is 11.6 Å². The fourth-order valence-corrected chi connectivity index (χ4v) is 2.74. The highest BCUT2D eigenvalue weighted by atomic mass is 35.5. The zero-order valence-corrected chi connectivity index (χ0v) is 12.8. The van der Waals surface area contributed by atoms with Crippen LogP contribution in [-0.2, 0) is 11.3 Å². The Hall–Kier alpha value is -1.07. The molecule has 0 unspecified atom stereocenters. The molecule has 0 saturated heterocycles. The first-order chi connectivity index (χ1) is 9.50. The normalized spacial score (nSPS) is 16.1. The fraction of sp³-hybridized carbons (Fsp3) is 0.615. The van der Waals surface area contributed by atoms with Crippen LogP contribution in [0.1, 0.15) is 32.1 Å². The van der Waals surface area contributed by atoms with Gasteiger partial charge in [0.05, 0.1) is 11.2 Å². The van der Waals surface area contributed by atoms with Gasteiger partial charge in [-0.15, -0.1) is 0 Å². The first kappa shape index (κ1) is 15.3. The summed E-state index contributed by atoms with van der Waals surface area (Å²) in [5.41, 5.74) is -0.537. The highest BCUT2D eigenvalue weighted by Crippen LogP contribution is 2.21. The zero-order chi connectivity index (χ0) is 14.7. The van der Waals surface area contributed by atoms with E-state index in [-0.39, 0.29) is 28.5 Å². The number of aromatic nitrogens is 2. The van der Waals surface area contributed by atoms with Gasteiger partial charge in [0.25, 0.3) is 5.56 Å². The third-order valence-corrected chi connectivity index (χ3v) is 4.49. The van der Waals surface area contributed by atoms with Crippen LogP contribution in [-0.4, -0.2) is 33.7 Å². The summed E-state index contributed by atoms with van der Waals surface area (Å²) in [6, 6.07) is 0.259. The molecule has 1 aliphatic rings. The molecular weight excluding hydrogens is 301 g/mol. The number of hydrogen-bond donors (Lipinski definition) is 0. The summed E-state index contributed by atoms with van der Waals surface area (Å²) in [6.45, 7) is -0.108. The first-order valence-electron chi connectivity index (χ1n) is 6.67. The summed E-state index contributed by atoms with van der Waals surface area (Å²) in [4.78, 5) is 25.8. The van der Waals surface area contributed by atoms with E-state index in [1.807, 2.05) is 0 Å². The molecule has 1 aliphatic carbocycles. The smallest absolute Gasteiger partial charge is 0.287 e. The van der Waals surface area contributed by atoms with Crippen LogP contribution < -0.4 is 5.56 Å². The predicted octanol–water partition coefficient (Wildman–Crippen LogP) is 2.34. The van der Waals surface area contributed by atoms with E-state index in [1.165, 1.54) is 12.6 Å². The Labute approximate surface area is 127 Å². The molecule has 1 heterocycles. The molecule has 0 bridgehead atoms. The number of amides is 1. The van der Waals surface area contributed by atoms with Crippen molar-refractivity contribution < 1.29 is 4.79 Å². The molecule has 0 aromatic carbocycles. The van der Waals surface area contributed by atoms with Gasteiger partial charge in [-0.25, -0.2) is 4.68 Å². The number of carbonyl (C=O) groups excluding carboxylic acids is 1. The summed E-state index contributed by atoms with van der Waals surface area (Å²) in [6.07, 6.45) is 6.84. The van der Waals surface area contributed by atoms with Gasteiger partial charge in [-0.3, -0.25) is 9.59 Å². The van der Waals surface area contributed by atoms with Gasteiger partial charge in [-0.05, 0) is 12.8 Å². The van der Waals surface area contributed by atoms with E-state index in [2.05, 4.69) is 5.10 Å². The molecule has 1 aromatic heterocycles. The van der Waals surface area contributed by atoms with Crippen LogP contribution in [0.3, 0.4) is 0 Å². The lowest BCUT2D eigenvalue weighted by Gasteiger charge is -2.31. The third-order valence-electron chi connectivity index (χ3n) is 3.74. The molecule has 5 nitrogen and oxygen atoms in total. The Balaban J connectivity index is 2.07. The Morgan fingerprint density at radius 3 is 2.70 bits per heavy atom. The standard InChI is InChI=1S/C13H17Cl2N3O2/c1-17(9-5-3-2-4-6-9)11(19)8-18-13(20)12(15)10(14)7-16-18/h7,9H,2-6,8H2,1H3. The van der Waals surface area contributed by atoms with Crippen molar-refractivity contribution in [1.29, 1.82) is 0 Å². The van der Waals surface area contributed by atoms with Crippen molar-refractivity contribution in [1.82, 2.24) is 14.7 Å². The van der Waals surface area contributed by atoms with Crippen LogP contribution in [0, 0.1) is 0 Å². The molecule has 0 atom stereocenters. The summed E-state index contributed by atoms with van der Waals surface area (Å²) in [5.74, 6) is -0.134. The van der Waals surface area contributed by atoms with Crippen molar-refractivity contribution in [3.05, 3.63) is 26.6 Å². The number of hydrogen-bond acceptors (Lipinski definition) is 3. The minimum absolute atomic E-state index is 0.0981. The number of carbonyl (C=O) groups is 1. The van der Waals surface area contributed by atoms with Gasteiger partial charge in [0.15, 0.2) is 0 Å². The van der Waals surface area contributed by atoms with E-state index in [0.717, 1.165) is 30.4 Å². The van der Waals surface area contributed by atoms with E-state index in [0.29, 0.717) is 0 Å². The van der Waals surface area contributed by atoms with Crippen molar-refractivity contribution in [2.24, 2.45) is 0 Å². The maximum Gasteiger partial charge on any atom is 0.287 e. The molecule has 2 rings (SSSR count). The van der Waals surface area contributed by atoms with E-state index in [4.69, 9.17) is 23.2 Å². The second-order valence-corrected chi connectivity index (χ2v) is 5.85. The van der Waals surface area contributed by atoms with E-state index in [9.17, 15) is 9.59 Å². The lowest BCUT2D eigenvalue weighted by molar-refractivity contribution is -0.133. The number of likely N-dealkylation sites (N-methyl/N-ethyl adjacent to an activating group) is 1. The summed E-state index contributed by atoms with van der Waals surface area (Å²) in [5, 5.41) is 3.84. The predicted molar refractivity (Wildman–Crippen MR) is 78.2 cm³/mol. The van der Waals surface area contributed by atoms with Gasteiger partial charge in [0.2, 0.25) is 5.91 Å². The molecule has 1 aromatic rings. The highest BCUT2D eigenvalue weighted by Gasteiger charge is 2.22. The van der Waals surface area contributed by atoms with Crippen molar-refractivity contribution in [3.8, 4) is 0 Å². The maximum absolute atomic E-state index is 12.2. The van der Waals surface area contributed by atoms with Crippen LogP contribution >= 0.6 is 23.2 Å². The molecule has 110 valence electrons. The molecule has 0 aliphatic heterocycles. The van der Waals surface area contributed by atoms with Crippen LogP contribution in [0.2, 0.25) is 10.0 Å². The SMILES string of the molecule is CN(C(=O)Cn1ncc(Cl)c(Cl)c1=O)C1CCCCC1. The van der Waals surface area contributed by atoms with Crippen LogP contribution in [0.4, 0.5) is 0 Å². The van der Waals surface area contributed by atoms with E-state index in [1.54, 1.807) is 11.9 Å². The van der Waals surface area contributed by atoms with Gasteiger partial charge < -0.3 is 4.90 Å². The quantitative estimate of drug-likeness (QED) is 0.859. The van der Waals surface area contributed by atoms with Crippen molar-refractivity contribution in [2.75, 3.05) is 7.05 Å². The Kier molecular flexibility index (Phi) is 5.05. The molecule has 0 N–H and O–H groups in total. The lowest BCUT2D eigenvalue weighted by atomic mass is 9.94. The van der Waals surface area contributed by atoms with Gasteiger partial charge in [-0.2, -0.15) is 5.10 Å². The molecular formula is C13H17Cl2N3O2. The average molecular weight is 318 g/mol. The Morgan fingerprint density at radius 2 is 2.05 bits per heavy atom. The molecule has 0 spiro atoms. The van der Waals surface area contributed by atoms with Gasteiger partial charge in [-0.1, -0.05) is 42.5 Å². The third kappa shape index (κ3) is 3.33. The molecule has 1 fully saturated rings. The molecule has 0 radical (unpaired) electrons. The largest absolute Gasteiger partial charge is 0.341 e. The highest BCUT2D eigenvalue weighted by molar-refractivity contribution is 6.41. The van der Waals surface area contributed by atoms with Crippen molar-refractivity contribution >= 4 is 29.1 Å². The Morgan fingerprint density at radius 1 is 1.40 bits per heavy atom. The molecule has 1 saturated carbocycles. The van der Waals surface area contributed by atoms with Crippen LogP contribution in [0.25, 0.3) is 0 Å². The van der Waals surface area contributed by atoms with Gasteiger partial charge in [0, 0.05) is 13.1 Å². The van der Waals surface area contributed by atoms with Crippen molar-refractivity contribution in [2.45, 2.75) is 44.7 Å². The minimum Gasteiger partial charge on any atom is -0.341 e. The molecule has 7 heteroatoms. The number of rotatable bonds is 3. The van der Waals surface area contributed by atoms with Crippen LogP contribution in [0.15, 0.2) is 11.0 Å². The Bertz CT molecular complexity index is 553. The van der Waals surface area contributed by atoms with Gasteiger partial charge >= 0.3 is 0 Å². The fourth-order valence-electron chi connectivity index (χ4n) is 2.47. The minimum atomic E-state index is -0.537. The van der Waals surface area contributed by atoms with E-state index >= 15 is 0 Å². The summed E-state index contributed by atoms with van der Waals surface area (Å²) < 4.78 is 1.05. The van der Waals surface area contributed by atoms with Crippen LogP contribution in [0.5, 0.6) is 0 Å². The van der Waals surface area contributed by atoms with E-state index < -0.39 is 5.56 Å². The molecule has 1 amide bonds. The molecule has 20 heavy (non-hydrogen) atoms. The lowest BCUT2D eigenvalue weighted by Crippen LogP contribution is -2.42. The number of halogens is 2. The average Bonchev–Trinajstić information content (AvgIpc) is 2.48. The van der Waals surface area contributed by atoms with Crippen molar-refractivity contribution in [3.63, 3.8) is 0 Å². The first-order valence-corrected chi connectivity index (χ1v) is 7.43. The summed E-state index contributed by atoms with van der Waals surface area (Å²) >= 11 is 11.5. The summed E-state index contributed by atoms with van der Waals surface area (Å²) in [7, 11) is 1.78. The zero-order valence-electron chi connectivity index (χ0n) is 11.3. The monoisotopic (exact) mass is 317 g/mol.